The summed E-state index contributed by atoms with van der Waals surface area (Å²) in [5.41, 5.74) is 4.73. The normalized spacial score (nSPS) is 19.5. The van der Waals surface area contributed by atoms with Gasteiger partial charge in [-0.15, -0.1) is 0 Å². The van der Waals surface area contributed by atoms with Gasteiger partial charge in [0.2, 0.25) is 0 Å². The Balaban J connectivity index is 1.64. The number of halogens is 1. The Kier molecular flexibility index (Phi) is 7.61. The van der Waals surface area contributed by atoms with Crippen LogP contribution in [0.4, 0.5) is 0 Å². The van der Waals surface area contributed by atoms with Gasteiger partial charge in [-0.2, -0.15) is 5.10 Å². The summed E-state index contributed by atoms with van der Waals surface area (Å²) in [6.45, 7) is 4.95. The van der Waals surface area contributed by atoms with Crippen LogP contribution in [0.25, 0.3) is 5.57 Å². The van der Waals surface area contributed by atoms with Gasteiger partial charge in [0.1, 0.15) is 10.7 Å². The highest BCUT2D eigenvalue weighted by Gasteiger charge is 2.26. The standard InChI is InChI=1S/C23H24ClN3O2S2/c1-25-27-22(30)17-4-2-3-15(5-6-17)20-23(31-19-9-7-18(24)8-10-19)29-21(26-20)16-11-13-28-14-12-16/h3,5-10,16-17H,1-2,4,11-14H2,(H,27,30). The third-order valence-corrected chi connectivity index (χ3v) is 6.97. The summed E-state index contributed by atoms with van der Waals surface area (Å²) in [6.07, 6.45) is 10.1. The first-order chi connectivity index (χ1) is 15.1. The largest absolute Gasteiger partial charge is 0.433 e. The number of hydrogen-bond donors (Lipinski definition) is 1. The lowest BCUT2D eigenvalue weighted by Crippen LogP contribution is -2.22. The highest BCUT2D eigenvalue weighted by atomic mass is 35.5. The van der Waals surface area contributed by atoms with Crippen molar-refractivity contribution in [2.75, 3.05) is 13.2 Å². The second-order valence-corrected chi connectivity index (χ2v) is 9.39. The zero-order valence-electron chi connectivity index (χ0n) is 17.1. The molecular formula is C23H24ClN3O2S2. The van der Waals surface area contributed by atoms with Crippen molar-refractivity contribution in [3.05, 3.63) is 59.1 Å². The Labute approximate surface area is 197 Å². The van der Waals surface area contributed by atoms with Gasteiger partial charge in [-0.3, -0.25) is 5.43 Å². The molecule has 1 aromatic heterocycles. The summed E-state index contributed by atoms with van der Waals surface area (Å²) in [4.78, 5) is 6.69. The molecule has 0 saturated carbocycles. The third kappa shape index (κ3) is 5.66. The average Bonchev–Trinajstić information content (AvgIpc) is 3.04. The Morgan fingerprint density at radius 2 is 2.00 bits per heavy atom. The summed E-state index contributed by atoms with van der Waals surface area (Å²) in [6, 6.07) is 7.76. The van der Waals surface area contributed by atoms with Crippen LogP contribution in [-0.4, -0.2) is 29.9 Å². The number of thiocarbonyl (C=S) groups is 1. The molecule has 2 aromatic rings. The lowest BCUT2D eigenvalue weighted by Gasteiger charge is -2.18. The molecular weight excluding hydrogens is 450 g/mol. The number of nitrogens with one attached hydrogen (secondary N) is 1. The van der Waals surface area contributed by atoms with Gasteiger partial charge in [-0.25, -0.2) is 4.98 Å². The smallest absolute Gasteiger partial charge is 0.199 e. The minimum Gasteiger partial charge on any atom is -0.433 e. The molecule has 8 heteroatoms. The molecule has 1 aromatic carbocycles. The van der Waals surface area contributed by atoms with E-state index in [1.54, 1.807) is 11.8 Å². The average molecular weight is 474 g/mol. The van der Waals surface area contributed by atoms with Gasteiger partial charge >= 0.3 is 0 Å². The lowest BCUT2D eigenvalue weighted by molar-refractivity contribution is 0.0786. The monoisotopic (exact) mass is 473 g/mol. The number of ether oxygens (including phenoxy) is 1. The molecule has 1 fully saturated rings. The Morgan fingerprint density at radius 1 is 1.23 bits per heavy atom. The second kappa shape index (κ2) is 10.6. The van der Waals surface area contributed by atoms with E-state index in [1.165, 1.54) is 0 Å². The Bertz CT molecular complexity index is 995. The van der Waals surface area contributed by atoms with Gasteiger partial charge in [-0.05, 0) is 61.7 Å². The summed E-state index contributed by atoms with van der Waals surface area (Å²) in [5.74, 6) is 1.19. The van der Waals surface area contributed by atoms with E-state index < -0.39 is 0 Å². The molecule has 2 aliphatic rings. The molecule has 162 valence electrons. The number of nitrogens with zero attached hydrogens (tertiary/aromatic N) is 2. The zero-order valence-corrected chi connectivity index (χ0v) is 19.4. The van der Waals surface area contributed by atoms with Gasteiger partial charge < -0.3 is 9.15 Å². The lowest BCUT2D eigenvalue weighted by atomic mass is 10.0. The Morgan fingerprint density at radius 3 is 2.74 bits per heavy atom. The predicted octanol–water partition coefficient (Wildman–Crippen LogP) is 6.26. The maximum Gasteiger partial charge on any atom is 0.199 e. The van der Waals surface area contributed by atoms with Gasteiger partial charge in [0.25, 0.3) is 0 Å². The number of rotatable bonds is 6. The van der Waals surface area contributed by atoms with Crippen molar-refractivity contribution in [1.82, 2.24) is 10.4 Å². The van der Waals surface area contributed by atoms with E-state index in [2.05, 4.69) is 35.5 Å². The molecule has 0 radical (unpaired) electrons. The number of allylic oxidation sites excluding steroid dienone is 3. The molecule has 0 spiro atoms. The van der Waals surface area contributed by atoms with Crippen LogP contribution >= 0.6 is 35.6 Å². The van der Waals surface area contributed by atoms with E-state index in [-0.39, 0.29) is 11.8 Å². The molecule has 1 saturated heterocycles. The molecule has 1 unspecified atom stereocenters. The molecule has 1 atom stereocenters. The fourth-order valence-corrected chi connectivity index (χ4v) is 4.92. The van der Waals surface area contributed by atoms with Crippen molar-refractivity contribution < 1.29 is 9.15 Å². The minimum absolute atomic E-state index is 0.114. The van der Waals surface area contributed by atoms with E-state index >= 15 is 0 Å². The summed E-state index contributed by atoms with van der Waals surface area (Å²) < 4.78 is 11.8. The number of aromatic nitrogens is 1. The fourth-order valence-electron chi connectivity index (χ4n) is 3.66. The van der Waals surface area contributed by atoms with E-state index in [1.807, 2.05) is 24.3 Å². The van der Waals surface area contributed by atoms with Crippen LogP contribution in [0.5, 0.6) is 0 Å². The van der Waals surface area contributed by atoms with Gasteiger partial charge in [0.15, 0.2) is 11.0 Å². The minimum atomic E-state index is 0.114. The third-order valence-electron chi connectivity index (χ3n) is 5.36. The SMILES string of the molecule is C=NNC(=S)C1C=CC(c2nc(C3CCOCC3)oc2Sc2ccc(Cl)cc2)=CCC1. The number of hydrazone groups is 1. The number of hydrogen-bond acceptors (Lipinski definition) is 6. The first kappa shape index (κ1) is 22.3. The van der Waals surface area contributed by atoms with E-state index in [9.17, 15) is 0 Å². The van der Waals surface area contributed by atoms with Gasteiger partial charge in [0.05, 0.1) is 0 Å². The molecule has 1 N–H and O–H groups in total. The molecule has 5 nitrogen and oxygen atoms in total. The van der Waals surface area contributed by atoms with Gasteiger partial charge in [0, 0.05) is 47.3 Å². The topological polar surface area (TPSA) is 59.7 Å². The first-order valence-corrected chi connectivity index (χ1v) is 11.9. The van der Waals surface area contributed by atoms with Crippen molar-refractivity contribution in [2.24, 2.45) is 11.0 Å². The number of benzene rings is 1. The first-order valence-electron chi connectivity index (χ1n) is 10.3. The Hall–Kier alpha value is -1.93. The van der Waals surface area contributed by atoms with E-state index in [0.717, 1.165) is 66.0 Å². The van der Waals surface area contributed by atoms with Crippen LogP contribution < -0.4 is 5.43 Å². The van der Waals surface area contributed by atoms with Crippen molar-refractivity contribution in [1.29, 1.82) is 0 Å². The van der Waals surface area contributed by atoms with E-state index in [4.69, 9.17) is 38.0 Å². The highest BCUT2D eigenvalue weighted by molar-refractivity contribution is 7.99. The van der Waals surface area contributed by atoms with Crippen LogP contribution in [0.1, 0.15) is 43.2 Å². The van der Waals surface area contributed by atoms with Crippen molar-refractivity contribution in [3.63, 3.8) is 0 Å². The molecule has 1 aliphatic carbocycles. The van der Waals surface area contributed by atoms with Crippen molar-refractivity contribution in [2.45, 2.75) is 41.6 Å². The van der Waals surface area contributed by atoms with Gasteiger partial charge in [-0.1, -0.05) is 42.0 Å². The maximum atomic E-state index is 6.32. The molecule has 4 rings (SSSR count). The molecule has 0 amide bonds. The van der Waals surface area contributed by atoms with Crippen LogP contribution in [-0.2, 0) is 4.74 Å². The van der Waals surface area contributed by atoms with Crippen LogP contribution in [0, 0.1) is 5.92 Å². The second-order valence-electron chi connectivity index (χ2n) is 7.47. The quantitative estimate of drug-likeness (QED) is 0.303. The van der Waals surface area contributed by atoms with Crippen LogP contribution in [0.3, 0.4) is 0 Å². The predicted molar refractivity (Wildman–Crippen MR) is 130 cm³/mol. The molecule has 31 heavy (non-hydrogen) atoms. The zero-order chi connectivity index (χ0) is 21.6. The summed E-state index contributed by atoms with van der Waals surface area (Å²) in [5, 5.41) is 5.21. The van der Waals surface area contributed by atoms with Crippen molar-refractivity contribution >= 4 is 52.9 Å². The highest BCUT2D eigenvalue weighted by Crippen LogP contribution is 2.39. The molecule has 2 heterocycles. The van der Waals surface area contributed by atoms with E-state index in [0.29, 0.717) is 10.0 Å². The number of oxazole rings is 1. The van der Waals surface area contributed by atoms with Crippen molar-refractivity contribution in [3.8, 4) is 0 Å². The molecule has 0 bridgehead atoms. The fraction of sp³-hybridized carbons (Fsp3) is 0.348. The summed E-state index contributed by atoms with van der Waals surface area (Å²) in [7, 11) is 0. The molecule has 1 aliphatic heterocycles. The van der Waals surface area contributed by atoms with Crippen LogP contribution in [0.2, 0.25) is 5.02 Å². The van der Waals surface area contributed by atoms with Crippen LogP contribution in [0.15, 0.2) is 62.0 Å². The summed E-state index contributed by atoms with van der Waals surface area (Å²) >= 11 is 13.0. The maximum absolute atomic E-state index is 6.32.